The van der Waals surface area contributed by atoms with Crippen LogP contribution in [0.25, 0.3) is 17.3 Å². The number of pyridine rings is 1. The molecule has 1 saturated heterocycles. The molecule has 0 spiro atoms. The number of hydrogen-bond donors (Lipinski definition) is 0. The maximum atomic E-state index is 12.9. The molecule has 5 nitrogen and oxygen atoms in total. The van der Waals surface area contributed by atoms with Gasteiger partial charge in [0.25, 0.3) is 0 Å². The zero-order valence-electron chi connectivity index (χ0n) is 17.1. The quantitative estimate of drug-likeness (QED) is 0.676. The standard InChI is InChI=1S/C24H26N4O/c1-17-15-28-16-20(5-8-24(28)25-17)22-14-19-3-6-21(13-18(19)4-7-23(22)29)27-11-9-26(2)10-12-27/h3,5-6,8,13-16H,4,7,9-12H2,1-2H3. The number of carbonyl (C=O) groups is 1. The molecule has 2 aliphatic rings. The van der Waals surface area contributed by atoms with Crippen LogP contribution >= 0.6 is 0 Å². The molecule has 1 aliphatic heterocycles. The van der Waals surface area contributed by atoms with Crippen LogP contribution < -0.4 is 4.90 Å². The van der Waals surface area contributed by atoms with Crippen LogP contribution in [0.2, 0.25) is 0 Å². The first-order valence-electron chi connectivity index (χ1n) is 10.3. The fraction of sp³-hybridized carbons (Fsp3) is 0.333. The van der Waals surface area contributed by atoms with Gasteiger partial charge in [-0.2, -0.15) is 0 Å². The lowest BCUT2D eigenvalue weighted by molar-refractivity contribution is -0.113. The van der Waals surface area contributed by atoms with Crippen molar-refractivity contribution in [1.29, 1.82) is 0 Å². The van der Waals surface area contributed by atoms with E-state index in [0.717, 1.165) is 60.6 Å². The summed E-state index contributed by atoms with van der Waals surface area (Å²) in [5.74, 6) is 0.207. The number of ketones is 1. The molecule has 0 atom stereocenters. The largest absolute Gasteiger partial charge is 0.369 e. The molecule has 5 heteroatoms. The summed E-state index contributed by atoms with van der Waals surface area (Å²) >= 11 is 0. The van der Waals surface area contributed by atoms with Gasteiger partial charge in [0.15, 0.2) is 5.78 Å². The Hall–Kier alpha value is -2.92. The van der Waals surface area contributed by atoms with Crippen molar-refractivity contribution >= 4 is 28.8 Å². The summed E-state index contributed by atoms with van der Waals surface area (Å²) < 4.78 is 2.00. The molecule has 3 aromatic rings. The third kappa shape index (κ3) is 3.47. The Morgan fingerprint density at radius 3 is 2.62 bits per heavy atom. The van der Waals surface area contributed by atoms with Gasteiger partial charge in [0.2, 0.25) is 0 Å². The Morgan fingerprint density at radius 1 is 0.966 bits per heavy atom. The Balaban J connectivity index is 1.50. The molecule has 1 fully saturated rings. The van der Waals surface area contributed by atoms with E-state index in [-0.39, 0.29) is 5.78 Å². The molecule has 0 N–H and O–H groups in total. The number of aryl methyl sites for hydroxylation is 2. The highest BCUT2D eigenvalue weighted by atomic mass is 16.1. The van der Waals surface area contributed by atoms with E-state index in [1.807, 2.05) is 35.9 Å². The van der Waals surface area contributed by atoms with Crippen molar-refractivity contribution in [2.75, 3.05) is 38.1 Å². The number of anilines is 1. The first-order chi connectivity index (χ1) is 14.1. The predicted octanol–water partition coefficient (Wildman–Crippen LogP) is 3.45. The lowest BCUT2D eigenvalue weighted by Crippen LogP contribution is -2.44. The summed E-state index contributed by atoms with van der Waals surface area (Å²) in [4.78, 5) is 22.2. The molecule has 1 aromatic carbocycles. The number of Topliss-reactive ketones (excluding diaryl/α,β-unsaturated/α-hetero) is 1. The number of hydrogen-bond acceptors (Lipinski definition) is 4. The van der Waals surface area contributed by atoms with Crippen molar-refractivity contribution in [2.45, 2.75) is 19.8 Å². The number of imidazole rings is 1. The van der Waals surface area contributed by atoms with Crippen LogP contribution in [0, 0.1) is 6.92 Å². The van der Waals surface area contributed by atoms with Crippen molar-refractivity contribution in [3.8, 4) is 0 Å². The summed E-state index contributed by atoms with van der Waals surface area (Å²) in [5.41, 5.74) is 7.34. The first-order valence-corrected chi connectivity index (χ1v) is 10.3. The molecule has 0 saturated carbocycles. The topological polar surface area (TPSA) is 40.9 Å². The van der Waals surface area contributed by atoms with Crippen LogP contribution in [0.4, 0.5) is 5.69 Å². The van der Waals surface area contributed by atoms with Gasteiger partial charge in [-0.1, -0.05) is 6.07 Å². The number of nitrogens with zero attached hydrogens (tertiary/aromatic N) is 4. The molecule has 2 aromatic heterocycles. The maximum Gasteiger partial charge on any atom is 0.163 e. The van der Waals surface area contributed by atoms with Gasteiger partial charge >= 0.3 is 0 Å². The Labute approximate surface area is 171 Å². The Morgan fingerprint density at radius 2 is 1.79 bits per heavy atom. The van der Waals surface area contributed by atoms with Crippen molar-refractivity contribution in [3.63, 3.8) is 0 Å². The monoisotopic (exact) mass is 386 g/mol. The summed E-state index contributed by atoms with van der Waals surface area (Å²) in [6.45, 7) is 6.28. The summed E-state index contributed by atoms with van der Waals surface area (Å²) in [6, 6.07) is 10.7. The van der Waals surface area contributed by atoms with E-state index >= 15 is 0 Å². The van der Waals surface area contributed by atoms with Crippen molar-refractivity contribution < 1.29 is 4.79 Å². The molecule has 0 amide bonds. The molecule has 148 valence electrons. The lowest BCUT2D eigenvalue weighted by Gasteiger charge is -2.34. The second-order valence-electron chi connectivity index (χ2n) is 8.22. The van der Waals surface area contributed by atoms with Crippen molar-refractivity contribution in [1.82, 2.24) is 14.3 Å². The van der Waals surface area contributed by atoms with Crippen LogP contribution in [0.15, 0.2) is 42.7 Å². The Bertz CT molecular complexity index is 1120. The van der Waals surface area contributed by atoms with Gasteiger partial charge < -0.3 is 14.2 Å². The third-order valence-electron chi connectivity index (χ3n) is 6.10. The minimum atomic E-state index is 0.207. The van der Waals surface area contributed by atoms with E-state index in [9.17, 15) is 4.79 Å². The van der Waals surface area contributed by atoms with Gasteiger partial charge in [0.1, 0.15) is 5.65 Å². The minimum absolute atomic E-state index is 0.207. The summed E-state index contributed by atoms with van der Waals surface area (Å²) in [7, 11) is 2.18. The van der Waals surface area contributed by atoms with Gasteiger partial charge in [-0.05, 0) is 61.9 Å². The van der Waals surface area contributed by atoms with Crippen molar-refractivity contribution in [3.05, 3.63) is 65.1 Å². The molecule has 1 aliphatic carbocycles. The van der Waals surface area contributed by atoms with E-state index in [2.05, 4.69) is 46.1 Å². The molecule has 29 heavy (non-hydrogen) atoms. The highest BCUT2D eigenvalue weighted by Gasteiger charge is 2.20. The molecule has 5 rings (SSSR count). The molecule has 3 heterocycles. The van der Waals surface area contributed by atoms with Gasteiger partial charge in [-0.3, -0.25) is 4.79 Å². The number of piperazine rings is 1. The fourth-order valence-corrected chi connectivity index (χ4v) is 4.35. The number of benzene rings is 1. The number of rotatable bonds is 2. The van der Waals surface area contributed by atoms with Crippen LogP contribution in [0.3, 0.4) is 0 Å². The zero-order chi connectivity index (χ0) is 20.0. The number of aromatic nitrogens is 2. The third-order valence-corrected chi connectivity index (χ3v) is 6.10. The molecule has 0 radical (unpaired) electrons. The summed E-state index contributed by atoms with van der Waals surface area (Å²) in [6.07, 6.45) is 7.43. The van der Waals surface area contributed by atoms with E-state index in [1.54, 1.807) is 0 Å². The second kappa shape index (κ2) is 7.16. The number of likely N-dealkylation sites (N-methyl/N-ethyl adjacent to an activating group) is 1. The van der Waals surface area contributed by atoms with Gasteiger partial charge in [0, 0.05) is 61.8 Å². The lowest BCUT2D eigenvalue weighted by atomic mass is 10.0. The highest BCUT2D eigenvalue weighted by Crippen LogP contribution is 2.30. The average Bonchev–Trinajstić information content (AvgIpc) is 3.01. The first kappa shape index (κ1) is 18.1. The van der Waals surface area contributed by atoms with E-state index < -0.39 is 0 Å². The fourth-order valence-electron chi connectivity index (χ4n) is 4.35. The highest BCUT2D eigenvalue weighted by molar-refractivity contribution is 6.25. The number of allylic oxidation sites excluding steroid dienone is 1. The van der Waals surface area contributed by atoms with E-state index in [1.165, 1.54) is 11.3 Å². The maximum absolute atomic E-state index is 12.9. The van der Waals surface area contributed by atoms with Gasteiger partial charge in [0.05, 0.1) is 5.69 Å². The van der Waals surface area contributed by atoms with Crippen LogP contribution in [-0.4, -0.2) is 53.3 Å². The molecular formula is C24H26N4O. The van der Waals surface area contributed by atoms with Crippen LogP contribution in [-0.2, 0) is 11.2 Å². The zero-order valence-corrected chi connectivity index (χ0v) is 17.1. The number of fused-ring (bicyclic) bond motifs is 2. The van der Waals surface area contributed by atoms with Gasteiger partial charge in [-0.15, -0.1) is 0 Å². The van der Waals surface area contributed by atoms with Crippen LogP contribution in [0.5, 0.6) is 0 Å². The van der Waals surface area contributed by atoms with E-state index in [0.29, 0.717) is 6.42 Å². The minimum Gasteiger partial charge on any atom is -0.369 e. The second-order valence-corrected chi connectivity index (χ2v) is 8.22. The SMILES string of the molecule is Cc1cn2cc(C3=Cc4ccc(N5CCN(C)CC5)cc4CCC3=O)ccc2n1. The normalized spacial score (nSPS) is 17.9. The smallest absolute Gasteiger partial charge is 0.163 e. The molecule has 0 bridgehead atoms. The van der Waals surface area contributed by atoms with Gasteiger partial charge in [-0.25, -0.2) is 4.98 Å². The summed E-state index contributed by atoms with van der Waals surface area (Å²) in [5, 5.41) is 0. The number of carbonyl (C=O) groups excluding carboxylic acids is 1. The molecule has 0 unspecified atom stereocenters. The average molecular weight is 386 g/mol. The Kier molecular flexibility index (Phi) is 4.47. The van der Waals surface area contributed by atoms with Crippen LogP contribution in [0.1, 0.15) is 28.8 Å². The molecular weight excluding hydrogens is 360 g/mol. The predicted molar refractivity (Wildman–Crippen MR) is 117 cm³/mol. The van der Waals surface area contributed by atoms with Crippen molar-refractivity contribution in [2.24, 2.45) is 0 Å². The van der Waals surface area contributed by atoms with E-state index in [4.69, 9.17) is 0 Å².